The standard InChI is InChI=1S/C15H24BrNO3/c1-3-8-20-15-13(16)9-12(10-14(15)19-4-2)11-17-6-5-7-18/h9-10,17-18H,3-8,11H2,1-2H3. The predicted molar refractivity (Wildman–Crippen MR) is 84.5 cm³/mol. The molecule has 1 rings (SSSR count). The number of halogens is 1. The zero-order chi connectivity index (χ0) is 14.8. The lowest BCUT2D eigenvalue weighted by atomic mass is 10.2. The van der Waals surface area contributed by atoms with E-state index in [0.717, 1.165) is 47.5 Å². The summed E-state index contributed by atoms with van der Waals surface area (Å²) in [6.07, 6.45) is 1.72. The number of hydrogen-bond acceptors (Lipinski definition) is 4. The third kappa shape index (κ3) is 5.69. The molecule has 0 heterocycles. The van der Waals surface area contributed by atoms with Crippen LogP contribution in [0.15, 0.2) is 16.6 Å². The Morgan fingerprint density at radius 3 is 2.70 bits per heavy atom. The third-order valence-electron chi connectivity index (χ3n) is 2.66. The molecule has 0 aliphatic heterocycles. The molecular formula is C15H24BrNO3. The van der Waals surface area contributed by atoms with Crippen molar-refractivity contribution in [3.63, 3.8) is 0 Å². The molecule has 1 aromatic carbocycles. The first-order valence-corrected chi connectivity index (χ1v) is 7.91. The molecule has 0 fully saturated rings. The Balaban J connectivity index is 2.77. The zero-order valence-corrected chi connectivity index (χ0v) is 13.8. The highest BCUT2D eigenvalue weighted by atomic mass is 79.9. The summed E-state index contributed by atoms with van der Waals surface area (Å²) in [6, 6.07) is 4.05. The maximum atomic E-state index is 8.76. The van der Waals surface area contributed by atoms with Gasteiger partial charge in [-0.15, -0.1) is 0 Å². The topological polar surface area (TPSA) is 50.7 Å². The van der Waals surface area contributed by atoms with Crippen LogP contribution in [0.25, 0.3) is 0 Å². The van der Waals surface area contributed by atoms with Gasteiger partial charge in [0.25, 0.3) is 0 Å². The molecule has 4 nitrogen and oxygen atoms in total. The highest BCUT2D eigenvalue weighted by Crippen LogP contribution is 2.37. The maximum absolute atomic E-state index is 8.76. The summed E-state index contributed by atoms with van der Waals surface area (Å²) in [5, 5.41) is 12.0. The molecule has 2 N–H and O–H groups in total. The van der Waals surface area contributed by atoms with Crippen molar-refractivity contribution in [2.24, 2.45) is 0 Å². The van der Waals surface area contributed by atoms with Crippen LogP contribution in [0.5, 0.6) is 11.5 Å². The first kappa shape index (κ1) is 17.3. The van der Waals surface area contributed by atoms with E-state index in [4.69, 9.17) is 14.6 Å². The Morgan fingerprint density at radius 2 is 2.05 bits per heavy atom. The molecule has 20 heavy (non-hydrogen) atoms. The molecule has 0 aliphatic rings. The van der Waals surface area contributed by atoms with Gasteiger partial charge >= 0.3 is 0 Å². The smallest absolute Gasteiger partial charge is 0.175 e. The summed E-state index contributed by atoms with van der Waals surface area (Å²) in [4.78, 5) is 0. The van der Waals surface area contributed by atoms with Crippen LogP contribution in [0, 0.1) is 0 Å². The van der Waals surface area contributed by atoms with E-state index in [2.05, 4.69) is 28.2 Å². The summed E-state index contributed by atoms with van der Waals surface area (Å²) >= 11 is 3.55. The number of aliphatic hydroxyl groups excluding tert-OH is 1. The number of rotatable bonds is 10. The first-order valence-electron chi connectivity index (χ1n) is 7.12. The number of aliphatic hydroxyl groups is 1. The monoisotopic (exact) mass is 345 g/mol. The summed E-state index contributed by atoms with van der Waals surface area (Å²) in [7, 11) is 0. The van der Waals surface area contributed by atoms with Crippen molar-refractivity contribution >= 4 is 15.9 Å². The van der Waals surface area contributed by atoms with Gasteiger partial charge in [-0.05, 0) is 59.9 Å². The fourth-order valence-electron chi connectivity index (χ4n) is 1.77. The summed E-state index contributed by atoms with van der Waals surface area (Å²) in [6.45, 7) is 7.07. The lowest BCUT2D eigenvalue weighted by Crippen LogP contribution is -2.16. The second-order valence-corrected chi connectivity index (χ2v) is 5.29. The number of ether oxygens (including phenoxy) is 2. The fourth-order valence-corrected chi connectivity index (χ4v) is 2.37. The molecule has 114 valence electrons. The normalized spacial score (nSPS) is 10.6. The van der Waals surface area contributed by atoms with Crippen molar-refractivity contribution in [1.29, 1.82) is 0 Å². The molecular weight excluding hydrogens is 322 g/mol. The lowest BCUT2D eigenvalue weighted by Gasteiger charge is -2.15. The second-order valence-electron chi connectivity index (χ2n) is 4.44. The summed E-state index contributed by atoms with van der Waals surface area (Å²) in [5.41, 5.74) is 1.13. The molecule has 0 bridgehead atoms. The van der Waals surface area contributed by atoms with Gasteiger partial charge in [-0.25, -0.2) is 0 Å². The zero-order valence-electron chi connectivity index (χ0n) is 12.2. The molecule has 5 heteroatoms. The van der Waals surface area contributed by atoms with Crippen molar-refractivity contribution in [3.8, 4) is 11.5 Å². The van der Waals surface area contributed by atoms with Crippen LogP contribution in [0.1, 0.15) is 32.3 Å². The molecule has 1 aromatic rings. The maximum Gasteiger partial charge on any atom is 0.175 e. The fraction of sp³-hybridized carbons (Fsp3) is 0.600. The van der Waals surface area contributed by atoms with E-state index < -0.39 is 0 Å². The molecule has 0 radical (unpaired) electrons. The van der Waals surface area contributed by atoms with Crippen LogP contribution in [0.4, 0.5) is 0 Å². The van der Waals surface area contributed by atoms with Gasteiger partial charge < -0.3 is 19.9 Å². The van der Waals surface area contributed by atoms with Gasteiger partial charge in [0.15, 0.2) is 11.5 Å². The van der Waals surface area contributed by atoms with Gasteiger partial charge in [0.1, 0.15) is 0 Å². The first-order chi connectivity index (χ1) is 9.72. The van der Waals surface area contributed by atoms with Crippen molar-refractivity contribution in [1.82, 2.24) is 5.32 Å². The van der Waals surface area contributed by atoms with Crippen LogP contribution < -0.4 is 14.8 Å². The van der Waals surface area contributed by atoms with E-state index in [9.17, 15) is 0 Å². The minimum absolute atomic E-state index is 0.213. The predicted octanol–water partition coefficient (Wildman–Crippen LogP) is 3.11. The van der Waals surface area contributed by atoms with Gasteiger partial charge in [0.05, 0.1) is 17.7 Å². The Kier molecular flexibility index (Phi) is 8.65. The third-order valence-corrected chi connectivity index (χ3v) is 3.25. The van der Waals surface area contributed by atoms with E-state index in [1.807, 2.05) is 19.1 Å². The average Bonchev–Trinajstić information content (AvgIpc) is 2.43. The molecule has 0 spiro atoms. The van der Waals surface area contributed by atoms with Crippen LogP contribution in [0.3, 0.4) is 0 Å². The van der Waals surface area contributed by atoms with Gasteiger partial charge in [0, 0.05) is 13.2 Å². The largest absolute Gasteiger partial charge is 0.490 e. The average molecular weight is 346 g/mol. The van der Waals surface area contributed by atoms with Gasteiger partial charge in [-0.3, -0.25) is 0 Å². The van der Waals surface area contributed by atoms with Gasteiger partial charge in [-0.2, -0.15) is 0 Å². The molecule has 0 unspecified atom stereocenters. The van der Waals surface area contributed by atoms with E-state index in [1.165, 1.54) is 0 Å². The Labute approximate surface area is 129 Å². The van der Waals surface area contributed by atoms with Gasteiger partial charge in [-0.1, -0.05) is 6.92 Å². The Bertz CT molecular complexity index is 399. The highest BCUT2D eigenvalue weighted by Gasteiger charge is 2.12. The van der Waals surface area contributed by atoms with E-state index in [1.54, 1.807) is 0 Å². The van der Waals surface area contributed by atoms with Crippen molar-refractivity contribution in [3.05, 3.63) is 22.2 Å². The van der Waals surface area contributed by atoms with Crippen LogP contribution in [-0.4, -0.2) is 31.5 Å². The minimum Gasteiger partial charge on any atom is -0.490 e. The minimum atomic E-state index is 0.213. The van der Waals surface area contributed by atoms with Crippen LogP contribution >= 0.6 is 15.9 Å². The lowest BCUT2D eigenvalue weighted by molar-refractivity contribution is 0.275. The van der Waals surface area contributed by atoms with Crippen molar-refractivity contribution < 1.29 is 14.6 Å². The summed E-state index contributed by atoms with van der Waals surface area (Å²) in [5.74, 6) is 1.54. The van der Waals surface area contributed by atoms with Crippen molar-refractivity contribution in [2.45, 2.75) is 33.2 Å². The van der Waals surface area contributed by atoms with Crippen LogP contribution in [-0.2, 0) is 6.54 Å². The number of benzene rings is 1. The Morgan fingerprint density at radius 1 is 1.25 bits per heavy atom. The SMILES string of the molecule is CCCOc1c(Br)cc(CNCCCO)cc1OCC. The second kappa shape index (κ2) is 10.0. The quantitative estimate of drug-likeness (QED) is 0.639. The molecule has 0 saturated carbocycles. The van der Waals surface area contributed by atoms with E-state index in [0.29, 0.717) is 13.2 Å². The molecule has 0 aromatic heterocycles. The molecule has 0 saturated heterocycles. The van der Waals surface area contributed by atoms with Crippen molar-refractivity contribution in [2.75, 3.05) is 26.4 Å². The van der Waals surface area contributed by atoms with Gasteiger partial charge in [0.2, 0.25) is 0 Å². The summed E-state index contributed by atoms with van der Waals surface area (Å²) < 4.78 is 12.3. The van der Waals surface area contributed by atoms with Crippen LogP contribution in [0.2, 0.25) is 0 Å². The van der Waals surface area contributed by atoms with E-state index in [-0.39, 0.29) is 6.61 Å². The molecule has 0 atom stereocenters. The molecule has 0 aliphatic carbocycles. The number of hydrogen-bond donors (Lipinski definition) is 2. The Hall–Kier alpha value is -0.780. The van der Waals surface area contributed by atoms with E-state index >= 15 is 0 Å². The number of nitrogens with one attached hydrogen (secondary N) is 1. The highest BCUT2D eigenvalue weighted by molar-refractivity contribution is 9.10. The molecule has 0 amide bonds.